The second-order valence-electron chi connectivity index (χ2n) is 5.32. The van der Waals surface area contributed by atoms with Crippen LogP contribution in [0.3, 0.4) is 0 Å². The van der Waals surface area contributed by atoms with Gasteiger partial charge in [0, 0.05) is 37.2 Å². The van der Waals surface area contributed by atoms with Crippen molar-refractivity contribution in [1.29, 1.82) is 0 Å². The Labute approximate surface area is 130 Å². The fraction of sp³-hybridized carbons (Fsp3) is 0.571. The highest BCUT2D eigenvalue weighted by molar-refractivity contribution is 7.99. The van der Waals surface area contributed by atoms with E-state index in [4.69, 9.17) is 0 Å². The summed E-state index contributed by atoms with van der Waals surface area (Å²) in [6.07, 6.45) is 0. The summed E-state index contributed by atoms with van der Waals surface area (Å²) in [7, 11) is -3.74. The third kappa shape index (κ3) is 4.18. The lowest BCUT2D eigenvalue weighted by Gasteiger charge is -2.26. The monoisotopic (exact) mass is 332 g/mol. The molecule has 7 heteroatoms. The number of sulfonamides is 1. The molecule has 0 radical (unpaired) electrons. The normalized spacial score (nSPS) is 17.3. The van der Waals surface area contributed by atoms with Crippen LogP contribution >= 0.6 is 11.8 Å². The predicted octanol–water partition coefficient (Wildman–Crippen LogP) is 2.06. The third-order valence-corrected chi connectivity index (χ3v) is 6.15. The average Bonchev–Trinajstić information content (AvgIpc) is 2.47. The summed E-state index contributed by atoms with van der Waals surface area (Å²) >= 11 is 1.72. The van der Waals surface area contributed by atoms with Gasteiger partial charge in [0.05, 0.1) is 0 Å². The number of halogens is 1. The second kappa shape index (κ2) is 7.09. The molecule has 2 rings (SSSR count). The predicted molar refractivity (Wildman–Crippen MR) is 84.5 cm³/mol. The maximum Gasteiger partial charge on any atom is 0.246 e. The van der Waals surface area contributed by atoms with Crippen LogP contribution < -0.4 is 5.32 Å². The molecule has 0 saturated carbocycles. The standard InChI is InChI=1S/C14H21FN2O2S2/c1-11(2)16-10-12-3-4-13(15)14(9-12)21(18,19)17-5-7-20-8-6-17/h3-4,9,11,16H,5-8,10H2,1-2H3. The fourth-order valence-electron chi connectivity index (χ4n) is 2.10. The van der Waals surface area contributed by atoms with Crippen LogP contribution in [0, 0.1) is 5.82 Å². The Morgan fingerprint density at radius 1 is 1.33 bits per heavy atom. The molecule has 0 spiro atoms. The van der Waals surface area contributed by atoms with Gasteiger partial charge in [-0.05, 0) is 17.7 Å². The minimum Gasteiger partial charge on any atom is -0.310 e. The van der Waals surface area contributed by atoms with Gasteiger partial charge in [0.25, 0.3) is 0 Å². The molecule has 1 saturated heterocycles. The van der Waals surface area contributed by atoms with Crippen molar-refractivity contribution in [2.24, 2.45) is 0 Å². The number of hydrogen-bond donors (Lipinski definition) is 1. The Morgan fingerprint density at radius 2 is 2.00 bits per heavy atom. The van der Waals surface area contributed by atoms with Gasteiger partial charge in [-0.25, -0.2) is 12.8 Å². The van der Waals surface area contributed by atoms with Gasteiger partial charge in [-0.15, -0.1) is 0 Å². The molecular formula is C14H21FN2O2S2. The van der Waals surface area contributed by atoms with Crippen molar-refractivity contribution in [3.05, 3.63) is 29.6 Å². The Balaban J connectivity index is 2.26. The molecule has 21 heavy (non-hydrogen) atoms. The van der Waals surface area contributed by atoms with Gasteiger partial charge in [-0.3, -0.25) is 0 Å². The second-order valence-corrected chi connectivity index (χ2v) is 8.45. The molecule has 118 valence electrons. The zero-order valence-corrected chi connectivity index (χ0v) is 13.9. The molecule has 1 N–H and O–H groups in total. The van der Waals surface area contributed by atoms with Crippen LogP contribution in [0.4, 0.5) is 4.39 Å². The first-order chi connectivity index (χ1) is 9.91. The number of rotatable bonds is 5. The van der Waals surface area contributed by atoms with Gasteiger partial charge in [0.2, 0.25) is 10.0 Å². The molecule has 1 aliphatic heterocycles. The molecule has 1 heterocycles. The van der Waals surface area contributed by atoms with E-state index in [2.05, 4.69) is 5.32 Å². The van der Waals surface area contributed by atoms with Crippen LogP contribution in [0.5, 0.6) is 0 Å². The SMILES string of the molecule is CC(C)NCc1ccc(F)c(S(=O)(=O)N2CCSCC2)c1. The van der Waals surface area contributed by atoms with Gasteiger partial charge in [-0.2, -0.15) is 16.1 Å². The quantitative estimate of drug-likeness (QED) is 0.897. The minimum absolute atomic E-state index is 0.211. The zero-order valence-electron chi connectivity index (χ0n) is 12.3. The first-order valence-corrected chi connectivity index (χ1v) is 9.60. The Morgan fingerprint density at radius 3 is 2.62 bits per heavy atom. The molecule has 0 unspecified atom stereocenters. The number of thioether (sulfide) groups is 1. The van der Waals surface area contributed by atoms with Crippen LogP contribution in [0.2, 0.25) is 0 Å². The summed E-state index contributed by atoms with van der Waals surface area (Å²) in [5.41, 5.74) is 0.773. The molecule has 0 bridgehead atoms. The summed E-state index contributed by atoms with van der Waals surface area (Å²) in [5, 5.41) is 3.21. The number of nitrogens with zero attached hydrogens (tertiary/aromatic N) is 1. The van der Waals surface area contributed by atoms with Crippen LogP contribution in [0.15, 0.2) is 23.1 Å². The molecule has 1 aromatic carbocycles. The molecule has 0 aliphatic carbocycles. The minimum atomic E-state index is -3.74. The van der Waals surface area contributed by atoms with Crippen LogP contribution in [-0.2, 0) is 16.6 Å². The lowest BCUT2D eigenvalue weighted by molar-refractivity contribution is 0.438. The van der Waals surface area contributed by atoms with Gasteiger partial charge in [0.1, 0.15) is 10.7 Å². The number of nitrogens with one attached hydrogen (secondary N) is 1. The third-order valence-electron chi connectivity index (χ3n) is 3.30. The molecule has 0 aromatic heterocycles. The molecule has 4 nitrogen and oxygen atoms in total. The van der Waals surface area contributed by atoms with Crippen LogP contribution in [-0.4, -0.2) is 43.4 Å². The summed E-state index contributed by atoms with van der Waals surface area (Å²) in [5.74, 6) is 0.840. The van der Waals surface area contributed by atoms with Crippen molar-refractivity contribution in [2.45, 2.75) is 31.3 Å². The number of benzene rings is 1. The average molecular weight is 332 g/mol. The molecule has 0 atom stereocenters. The van der Waals surface area contributed by atoms with Crippen molar-refractivity contribution in [3.63, 3.8) is 0 Å². The van der Waals surface area contributed by atoms with Gasteiger partial charge >= 0.3 is 0 Å². The molecule has 1 fully saturated rings. The summed E-state index contributed by atoms with van der Waals surface area (Å²) in [6.45, 7) is 5.43. The van der Waals surface area contributed by atoms with E-state index in [0.29, 0.717) is 19.6 Å². The van der Waals surface area contributed by atoms with E-state index in [1.807, 2.05) is 13.8 Å². The Bertz CT molecular complexity index is 585. The van der Waals surface area contributed by atoms with Crippen LogP contribution in [0.1, 0.15) is 19.4 Å². The highest BCUT2D eigenvalue weighted by Crippen LogP contribution is 2.23. The van der Waals surface area contributed by atoms with E-state index >= 15 is 0 Å². The molecular weight excluding hydrogens is 311 g/mol. The summed E-state index contributed by atoms with van der Waals surface area (Å²) in [4.78, 5) is -0.211. The number of hydrogen-bond acceptors (Lipinski definition) is 4. The maximum absolute atomic E-state index is 14.0. The Kier molecular flexibility index (Phi) is 5.65. The maximum atomic E-state index is 14.0. The van der Waals surface area contributed by atoms with Crippen LogP contribution in [0.25, 0.3) is 0 Å². The van der Waals surface area contributed by atoms with Gasteiger partial charge in [0.15, 0.2) is 0 Å². The summed E-state index contributed by atoms with van der Waals surface area (Å²) < 4.78 is 40.5. The first-order valence-electron chi connectivity index (χ1n) is 7.01. The lowest BCUT2D eigenvalue weighted by atomic mass is 10.2. The summed E-state index contributed by atoms with van der Waals surface area (Å²) in [6, 6.07) is 4.59. The zero-order chi connectivity index (χ0) is 15.5. The van der Waals surface area contributed by atoms with Crippen molar-refractivity contribution >= 4 is 21.8 Å². The highest BCUT2D eigenvalue weighted by atomic mass is 32.2. The van der Waals surface area contributed by atoms with E-state index in [1.54, 1.807) is 17.8 Å². The van der Waals surface area contributed by atoms with Crippen molar-refractivity contribution in [1.82, 2.24) is 9.62 Å². The fourth-order valence-corrected chi connectivity index (χ4v) is 4.79. The van der Waals surface area contributed by atoms with Gasteiger partial charge in [-0.1, -0.05) is 19.9 Å². The lowest BCUT2D eigenvalue weighted by Crippen LogP contribution is -2.38. The highest BCUT2D eigenvalue weighted by Gasteiger charge is 2.28. The Hall–Kier alpha value is -0.630. The van der Waals surface area contributed by atoms with E-state index in [-0.39, 0.29) is 10.9 Å². The van der Waals surface area contributed by atoms with E-state index in [1.165, 1.54) is 16.4 Å². The topological polar surface area (TPSA) is 49.4 Å². The van der Waals surface area contributed by atoms with Crippen molar-refractivity contribution in [3.8, 4) is 0 Å². The van der Waals surface area contributed by atoms with Gasteiger partial charge < -0.3 is 5.32 Å². The van der Waals surface area contributed by atoms with Crippen molar-refractivity contribution < 1.29 is 12.8 Å². The van der Waals surface area contributed by atoms with E-state index in [0.717, 1.165) is 17.1 Å². The molecule has 1 aromatic rings. The molecule has 1 aliphatic rings. The van der Waals surface area contributed by atoms with Crippen molar-refractivity contribution in [2.75, 3.05) is 24.6 Å². The van der Waals surface area contributed by atoms with E-state index < -0.39 is 15.8 Å². The largest absolute Gasteiger partial charge is 0.310 e. The first kappa shape index (κ1) is 16.7. The molecule has 0 amide bonds. The van der Waals surface area contributed by atoms with E-state index in [9.17, 15) is 12.8 Å². The smallest absolute Gasteiger partial charge is 0.246 e.